The summed E-state index contributed by atoms with van der Waals surface area (Å²) in [6.45, 7) is 3.63. The first-order valence-corrected chi connectivity index (χ1v) is 4.33. The Kier molecular flexibility index (Phi) is 2.65. The SMILES string of the molecule is CC(C)C(=O)Oc1cccs1. The van der Waals surface area contributed by atoms with E-state index in [2.05, 4.69) is 0 Å². The fourth-order valence-corrected chi connectivity index (χ4v) is 1.12. The monoisotopic (exact) mass is 170 g/mol. The molecule has 1 aromatic heterocycles. The standard InChI is InChI=1S/C8H10O2S/c1-6(2)8(9)10-7-4-3-5-11-7/h3-6H,1-2H3. The molecule has 0 aliphatic rings. The highest BCUT2D eigenvalue weighted by atomic mass is 32.1. The molecule has 0 N–H and O–H groups in total. The van der Waals surface area contributed by atoms with E-state index >= 15 is 0 Å². The summed E-state index contributed by atoms with van der Waals surface area (Å²) in [6, 6.07) is 3.64. The van der Waals surface area contributed by atoms with Crippen LogP contribution in [0.15, 0.2) is 17.5 Å². The van der Waals surface area contributed by atoms with Crippen molar-refractivity contribution in [1.29, 1.82) is 0 Å². The summed E-state index contributed by atoms with van der Waals surface area (Å²) >= 11 is 1.43. The van der Waals surface area contributed by atoms with E-state index in [9.17, 15) is 4.79 Å². The van der Waals surface area contributed by atoms with Crippen LogP contribution in [-0.2, 0) is 4.79 Å². The van der Waals surface area contributed by atoms with Crippen molar-refractivity contribution in [2.45, 2.75) is 13.8 Å². The molecule has 0 saturated carbocycles. The van der Waals surface area contributed by atoms with Gasteiger partial charge in [0.25, 0.3) is 0 Å². The van der Waals surface area contributed by atoms with Crippen molar-refractivity contribution < 1.29 is 9.53 Å². The van der Waals surface area contributed by atoms with Crippen LogP contribution in [0, 0.1) is 5.92 Å². The zero-order valence-corrected chi connectivity index (χ0v) is 7.35. The van der Waals surface area contributed by atoms with Gasteiger partial charge in [-0.2, -0.15) is 0 Å². The minimum Gasteiger partial charge on any atom is -0.415 e. The first kappa shape index (κ1) is 8.27. The van der Waals surface area contributed by atoms with Crippen LogP contribution in [0.2, 0.25) is 0 Å². The van der Waals surface area contributed by atoms with Crippen molar-refractivity contribution >= 4 is 17.3 Å². The predicted octanol–water partition coefficient (Wildman–Crippen LogP) is 2.31. The first-order valence-electron chi connectivity index (χ1n) is 3.45. The summed E-state index contributed by atoms with van der Waals surface area (Å²) in [6.07, 6.45) is 0. The maximum absolute atomic E-state index is 11.0. The Balaban J connectivity index is 2.50. The molecule has 0 aromatic carbocycles. The molecule has 1 aromatic rings. The summed E-state index contributed by atoms with van der Waals surface area (Å²) < 4.78 is 5.00. The van der Waals surface area contributed by atoms with Gasteiger partial charge in [0.15, 0.2) is 5.06 Å². The first-order chi connectivity index (χ1) is 5.20. The van der Waals surface area contributed by atoms with Crippen LogP contribution in [0.3, 0.4) is 0 Å². The Hall–Kier alpha value is -0.830. The summed E-state index contributed by atoms with van der Waals surface area (Å²) in [5.41, 5.74) is 0. The molecular weight excluding hydrogens is 160 g/mol. The van der Waals surface area contributed by atoms with E-state index in [-0.39, 0.29) is 11.9 Å². The van der Waals surface area contributed by atoms with Gasteiger partial charge in [-0.3, -0.25) is 4.79 Å². The molecule has 0 saturated heterocycles. The molecule has 0 amide bonds. The number of ether oxygens (including phenoxy) is 1. The highest BCUT2D eigenvalue weighted by Crippen LogP contribution is 2.19. The molecule has 1 heterocycles. The van der Waals surface area contributed by atoms with E-state index in [1.54, 1.807) is 6.07 Å². The van der Waals surface area contributed by atoms with Gasteiger partial charge in [0, 0.05) is 0 Å². The molecule has 60 valence electrons. The van der Waals surface area contributed by atoms with Crippen molar-refractivity contribution in [2.24, 2.45) is 5.92 Å². The topological polar surface area (TPSA) is 26.3 Å². The lowest BCUT2D eigenvalue weighted by Crippen LogP contribution is -2.13. The summed E-state index contributed by atoms with van der Waals surface area (Å²) in [4.78, 5) is 11.0. The average Bonchev–Trinajstić information content (AvgIpc) is 2.39. The van der Waals surface area contributed by atoms with Crippen LogP contribution < -0.4 is 4.74 Å². The summed E-state index contributed by atoms with van der Waals surface area (Å²) in [7, 11) is 0. The van der Waals surface area contributed by atoms with Crippen molar-refractivity contribution in [3.8, 4) is 5.06 Å². The third kappa shape index (κ3) is 2.35. The van der Waals surface area contributed by atoms with Crippen LogP contribution in [0.4, 0.5) is 0 Å². The third-order valence-corrected chi connectivity index (χ3v) is 1.91. The van der Waals surface area contributed by atoms with Gasteiger partial charge in [0.2, 0.25) is 0 Å². The number of thiophene rings is 1. The van der Waals surface area contributed by atoms with Gasteiger partial charge in [0.1, 0.15) is 0 Å². The van der Waals surface area contributed by atoms with Gasteiger partial charge in [-0.05, 0) is 17.5 Å². The van der Waals surface area contributed by atoms with Crippen LogP contribution in [0.5, 0.6) is 5.06 Å². The van der Waals surface area contributed by atoms with Gasteiger partial charge >= 0.3 is 5.97 Å². The fraction of sp³-hybridized carbons (Fsp3) is 0.375. The van der Waals surface area contributed by atoms with E-state index < -0.39 is 0 Å². The molecular formula is C8H10O2S. The highest BCUT2D eigenvalue weighted by Gasteiger charge is 2.09. The Morgan fingerprint density at radius 1 is 1.64 bits per heavy atom. The van der Waals surface area contributed by atoms with Crippen LogP contribution in [-0.4, -0.2) is 5.97 Å². The van der Waals surface area contributed by atoms with E-state index in [1.807, 2.05) is 25.3 Å². The lowest BCUT2D eigenvalue weighted by atomic mass is 10.2. The van der Waals surface area contributed by atoms with Crippen molar-refractivity contribution in [2.75, 3.05) is 0 Å². The Bertz CT molecular complexity index is 226. The van der Waals surface area contributed by atoms with Crippen LogP contribution in [0.25, 0.3) is 0 Å². The van der Waals surface area contributed by atoms with Crippen LogP contribution >= 0.6 is 11.3 Å². The lowest BCUT2D eigenvalue weighted by molar-refractivity contribution is -0.137. The average molecular weight is 170 g/mol. The van der Waals surface area contributed by atoms with Gasteiger partial charge < -0.3 is 4.74 Å². The number of hydrogen-bond donors (Lipinski definition) is 0. The van der Waals surface area contributed by atoms with Gasteiger partial charge in [-0.15, -0.1) is 11.3 Å². The summed E-state index contributed by atoms with van der Waals surface area (Å²) in [5.74, 6) is -0.232. The second kappa shape index (κ2) is 3.53. The van der Waals surface area contributed by atoms with Crippen molar-refractivity contribution in [1.82, 2.24) is 0 Å². The smallest absolute Gasteiger partial charge is 0.314 e. The third-order valence-electron chi connectivity index (χ3n) is 1.17. The van der Waals surface area contributed by atoms with Crippen LogP contribution in [0.1, 0.15) is 13.8 Å². The second-order valence-corrected chi connectivity index (χ2v) is 3.42. The number of carbonyl (C=O) groups is 1. The molecule has 0 unspecified atom stereocenters. The molecule has 0 fully saturated rings. The fourth-order valence-electron chi connectivity index (χ4n) is 0.539. The number of carbonyl (C=O) groups excluding carboxylic acids is 1. The zero-order chi connectivity index (χ0) is 8.27. The maximum atomic E-state index is 11.0. The normalized spacial score (nSPS) is 10.1. The Morgan fingerprint density at radius 2 is 2.36 bits per heavy atom. The molecule has 2 nitrogen and oxygen atoms in total. The van der Waals surface area contributed by atoms with Gasteiger partial charge in [-0.1, -0.05) is 13.8 Å². The zero-order valence-electron chi connectivity index (χ0n) is 6.53. The molecule has 1 rings (SSSR count). The molecule has 0 aliphatic carbocycles. The van der Waals surface area contributed by atoms with E-state index in [0.717, 1.165) is 0 Å². The second-order valence-electron chi connectivity index (χ2n) is 2.51. The Morgan fingerprint density at radius 3 is 2.82 bits per heavy atom. The minimum absolute atomic E-state index is 0.0582. The maximum Gasteiger partial charge on any atom is 0.314 e. The van der Waals surface area contributed by atoms with Crippen molar-refractivity contribution in [3.05, 3.63) is 17.5 Å². The van der Waals surface area contributed by atoms with E-state index in [0.29, 0.717) is 5.06 Å². The van der Waals surface area contributed by atoms with Gasteiger partial charge in [-0.25, -0.2) is 0 Å². The molecule has 3 heteroatoms. The minimum atomic E-state index is -0.174. The van der Waals surface area contributed by atoms with Crippen molar-refractivity contribution in [3.63, 3.8) is 0 Å². The Labute approximate surface area is 69.8 Å². The number of hydrogen-bond acceptors (Lipinski definition) is 3. The van der Waals surface area contributed by atoms with Gasteiger partial charge in [0.05, 0.1) is 5.92 Å². The molecule has 0 aliphatic heterocycles. The summed E-state index contributed by atoms with van der Waals surface area (Å²) in [5, 5.41) is 2.55. The predicted molar refractivity (Wildman–Crippen MR) is 44.8 cm³/mol. The lowest BCUT2D eigenvalue weighted by Gasteiger charge is -2.02. The van der Waals surface area contributed by atoms with E-state index in [1.165, 1.54) is 11.3 Å². The molecule has 0 atom stereocenters. The number of rotatable bonds is 2. The molecule has 11 heavy (non-hydrogen) atoms. The number of esters is 1. The highest BCUT2D eigenvalue weighted by molar-refractivity contribution is 7.11. The van der Waals surface area contributed by atoms with E-state index in [4.69, 9.17) is 4.74 Å². The molecule has 0 bridgehead atoms. The molecule has 0 spiro atoms. The largest absolute Gasteiger partial charge is 0.415 e. The molecule has 0 radical (unpaired) electrons. The quantitative estimate of drug-likeness (QED) is 0.637.